The number of hydrogen-bond acceptors (Lipinski definition) is 4. The summed E-state index contributed by atoms with van der Waals surface area (Å²) in [4.78, 5) is 4.50. The highest BCUT2D eigenvalue weighted by Crippen LogP contribution is 2.28. The Morgan fingerprint density at radius 1 is 1.47 bits per heavy atom. The second kappa shape index (κ2) is 5.59. The first-order valence-electron chi connectivity index (χ1n) is 6.52. The van der Waals surface area contributed by atoms with E-state index in [-0.39, 0.29) is 6.04 Å². The summed E-state index contributed by atoms with van der Waals surface area (Å²) in [6.45, 7) is 4.41. The van der Waals surface area contributed by atoms with Crippen molar-refractivity contribution in [2.75, 3.05) is 19.5 Å². The summed E-state index contributed by atoms with van der Waals surface area (Å²) < 4.78 is 7.33. The molecule has 0 radical (unpaired) electrons. The molecule has 0 saturated carbocycles. The van der Waals surface area contributed by atoms with Crippen LogP contribution in [-0.2, 0) is 4.74 Å². The molecule has 0 aliphatic rings. The fourth-order valence-corrected chi connectivity index (χ4v) is 2.38. The molecule has 2 atom stereocenters. The number of aliphatic hydroxyl groups is 1. The predicted octanol–water partition coefficient (Wildman–Crippen LogP) is 2.27. The Kier molecular flexibility index (Phi) is 4.07. The molecule has 3 N–H and O–H groups in total. The van der Waals surface area contributed by atoms with E-state index in [0.29, 0.717) is 18.1 Å². The number of aromatic nitrogens is 2. The van der Waals surface area contributed by atoms with Gasteiger partial charge in [-0.2, -0.15) is 0 Å². The van der Waals surface area contributed by atoms with E-state index in [4.69, 9.17) is 10.5 Å². The molecule has 1 heterocycles. The molecular weight excluding hydrogens is 242 g/mol. The first-order valence-corrected chi connectivity index (χ1v) is 6.52. The molecule has 0 spiro atoms. The van der Waals surface area contributed by atoms with E-state index >= 15 is 0 Å². The van der Waals surface area contributed by atoms with Crippen LogP contribution in [0.4, 0.5) is 5.69 Å². The number of hydrogen-bond donors (Lipinski definition) is 2. The lowest BCUT2D eigenvalue weighted by Gasteiger charge is -2.20. The van der Waals surface area contributed by atoms with E-state index in [0.717, 1.165) is 17.5 Å². The van der Waals surface area contributed by atoms with Crippen molar-refractivity contribution in [3.8, 4) is 0 Å². The van der Waals surface area contributed by atoms with Crippen molar-refractivity contribution in [1.82, 2.24) is 9.55 Å². The predicted molar refractivity (Wildman–Crippen MR) is 76.0 cm³/mol. The normalized spacial score (nSPS) is 14.7. The van der Waals surface area contributed by atoms with Gasteiger partial charge < -0.3 is 20.1 Å². The van der Waals surface area contributed by atoms with Gasteiger partial charge in [0, 0.05) is 12.8 Å². The lowest BCUT2D eigenvalue weighted by atomic mass is 10.2. The van der Waals surface area contributed by atoms with Crippen molar-refractivity contribution in [2.45, 2.75) is 32.4 Å². The molecule has 5 heteroatoms. The number of ether oxygens (including phenoxy) is 1. The van der Waals surface area contributed by atoms with Crippen molar-refractivity contribution in [1.29, 1.82) is 0 Å². The van der Waals surface area contributed by atoms with E-state index in [1.807, 2.05) is 18.2 Å². The third-order valence-electron chi connectivity index (χ3n) is 3.31. The number of nitrogens with two attached hydrogens (primary N) is 1. The molecule has 0 bridgehead atoms. The van der Waals surface area contributed by atoms with Crippen LogP contribution in [0.15, 0.2) is 18.2 Å². The minimum absolute atomic E-state index is 0.156. The largest absolute Gasteiger partial charge is 0.399 e. The van der Waals surface area contributed by atoms with Crippen LogP contribution in [0.2, 0.25) is 0 Å². The van der Waals surface area contributed by atoms with Crippen LogP contribution in [0.5, 0.6) is 0 Å². The van der Waals surface area contributed by atoms with Gasteiger partial charge >= 0.3 is 0 Å². The maximum absolute atomic E-state index is 9.93. The first kappa shape index (κ1) is 13.8. The van der Waals surface area contributed by atoms with Gasteiger partial charge in [-0.25, -0.2) is 4.98 Å². The molecule has 0 saturated heterocycles. The Morgan fingerprint density at radius 2 is 2.21 bits per heavy atom. The number of anilines is 1. The Labute approximate surface area is 113 Å². The van der Waals surface area contributed by atoms with Gasteiger partial charge in [-0.3, -0.25) is 0 Å². The molecular formula is C14H21N3O2. The maximum atomic E-state index is 9.93. The van der Waals surface area contributed by atoms with Crippen molar-refractivity contribution >= 4 is 16.7 Å². The molecule has 2 rings (SSSR count). The fraction of sp³-hybridized carbons (Fsp3) is 0.500. The molecule has 0 aliphatic carbocycles. The Morgan fingerprint density at radius 3 is 2.79 bits per heavy atom. The molecule has 19 heavy (non-hydrogen) atoms. The van der Waals surface area contributed by atoms with Crippen LogP contribution < -0.4 is 5.73 Å². The smallest absolute Gasteiger partial charge is 0.138 e. The van der Waals surface area contributed by atoms with Crippen molar-refractivity contribution in [3.05, 3.63) is 24.0 Å². The van der Waals surface area contributed by atoms with E-state index < -0.39 is 6.10 Å². The Balaban J connectivity index is 2.63. The number of methoxy groups -OCH3 is 1. The van der Waals surface area contributed by atoms with Gasteiger partial charge in [0.05, 0.1) is 23.7 Å². The van der Waals surface area contributed by atoms with E-state index in [2.05, 4.69) is 16.5 Å². The average Bonchev–Trinajstić information content (AvgIpc) is 2.74. The van der Waals surface area contributed by atoms with E-state index in [9.17, 15) is 5.11 Å². The Bertz CT molecular complexity index is 563. The van der Waals surface area contributed by atoms with E-state index in [1.54, 1.807) is 14.0 Å². The number of fused-ring (bicyclic) bond motifs is 1. The van der Waals surface area contributed by atoms with Gasteiger partial charge in [0.15, 0.2) is 0 Å². The molecule has 5 nitrogen and oxygen atoms in total. The molecule has 0 fully saturated rings. The summed E-state index contributed by atoms with van der Waals surface area (Å²) in [6, 6.07) is 5.79. The van der Waals surface area contributed by atoms with Gasteiger partial charge in [-0.05, 0) is 31.5 Å². The highest BCUT2D eigenvalue weighted by atomic mass is 16.5. The standard InChI is InChI=1S/C14H21N3O2/c1-4-11(8-19-3)17-13-6-5-10(15)7-12(13)16-14(17)9(2)18/h5-7,9,11,18H,4,8,15H2,1-3H3. The summed E-state index contributed by atoms with van der Waals surface area (Å²) in [6.07, 6.45) is 0.281. The van der Waals surface area contributed by atoms with Gasteiger partial charge in [0.1, 0.15) is 11.9 Å². The highest BCUT2D eigenvalue weighted by molar-refractivity contribution is 5.80. The summed E-state index contributed by atoms with van der Waals surface area (Å²) >= 11 is 0. The zero-order valence-corrected chi connectivity index (χ0v) is 11.6. The number of nitrogen functional groups attached to an aromatic ring is 1. The topological polar surface area (TPSA) is 73.3 Å². The number of imidazole rings is 1. The SMILES string of the molecule is CCC(COC)n1c(C(C)O)nc2cc(N)ccc21. The minimum Gasteiger partial charge on any atom is -0.399 e. The molecule has 2 aromatic rings. The molecule has 2 unspecified atom stereocenters. The van der Waals surface area contributed by atoms with Gasteiger partial charge in [-0.1, -0.05) is 6.92 Å². The summed E-state index contributed by atoms with van der Waals surface area (Å²) in [5.74, 6) is 0.657. The van der Waals surface area contributed by atoms with Crippen molar-refractivity contribution in [3.63, 3.8) is 0 Å². The lowest BCUT2D eigenvalue weighted by Crippen LogP contribution is -2.17. The van der Waals surface area contributed by atoms with Gasteiger partial charge in [0.25, 0.3) is 0 Å². The van der Waals surface area contributed by atoms with E-state index in [1.165, 1.54) is 0 Å². The van der Waals surface area contributed by atoms with Crippen molar-refractivity contribution in [2.24, 2.45) is 0 Å². The van der Waals surface area contributed by atoms with Crippen LogP contribution in [0.25, 0.3) is 11.0 Å². The number of benzene rings is 1. The van der Waals surface area contributed by atoms with Crippen LogP contribution in [0.3, 0.4) is 0 Å². The second-order valence-corrected chi connectivity index (χ2v) is 4.78. The molecule has 0 aliphatic heterocycles. The van der Waals surface area contributed by atoms with Crippen LogP contribution in [-0.4, -0.2) is 28.4 Å². The quantitative estimate of drug-likeness (QED) is 0.812. The second-order valence-electron chi connectivity index (χ2n) is 4.78. The third kappa shape index (κ3) is 2.57. The molecule has 1 aromatic carbocycles. The maximum Gasteiger partial charge on any atom is 0.138 e. The summed E-state index contributed by atoms with van der Waals surface area (Å²) in [5.41, 5.74) is 8.26. The number of nitrogens with zero attached hydrogens (tertiary/aromatic N) is 2. The van der Waals surface area contributed by atoms with Crippen LogP contribution in [0, 0.1) is 0 Å². The third-order valence-corrected chi connectivity index (χ3v) is 3.31. The number of rotatable bonds is 5. The minimum atomic E-state index is -0.625. The molecule has 0 amide bonds. The number of aliphatic hydroxyl groups excluding tert-OH is 1. The zero-order chi connectivity index (χ0) is 14.0. The summed E-state index contributed by atoms with van der Waals surface area (Å²) in [7, 11) is 1.68. The fourth-order valence-electron chi connectivity index (χ4n) is 2.38. The van der Waals surface area contributed by atoms with Crippen LogP contribution in [0.1, 0.15) is 38.2 Å². The van der Waals surface area contributed by atoms with Gasteiger partial charge in [-0.15, -0.1) is 0 Å². The van der Waals surface area contributed by atoms with Crippen LogP contribution >= 0.6 is 0 Å². The summed E-state index contributed by atoms with van der Waals surface area (Å²) in [5, 5.41) is 9.93. The molecule has 1 aromatic heterocycles. The zero-order valence-electron chi connectivity index (χ0n) is 11.6. The monoisotopic (exact) mass is 263 g/mol. The van der Waals surface area contributed by atoms with Gasteiger partial charge in [0.2, 0.25) is 0 Å². The first-order chi connectivity index (χ1) is 9.08. The van der Waals surface area contributed by atoms with Crippen molar-refractivity contribution < 1.29 is 9.84 Å². The lowest BCUT2D eigenvalue weighted by molar-refractivity contribution is 0.140. The molecule has 104 valence electrons. The Hall–Kier alpha value is -1.59. The highest BCUT2D eigenvalue weighted by Gasteiger charge is 2.20. The average molecular weight is 263 g/mol.